The summed E-state index contributed by atoms with van der Waals surface area (Å²) in [6, 6.07) is 4.27. The third kappa shape index (κ3) is 2.30. The zero-order valence-electron chi connectivity index (χ0n) is 9.64. The average Bonchev–Trinajstić information content (AvgIpc) is 2.64. The molecule has 86 valence electrons. The highest BCUT2D eigenvalue weighted by atomic mass is 15.3. The van der Waals surface area contributed by atoms with E-state index in [1.165, 1.54) is 5.56 Å². The van der Waals surface area contributed by atoms with Gasteiger partial charge in [-0.1, -0.05) is 0 Å². The van der Waals surface area contributed by atoms with Crippen LogP contribution in [-0.2, 0) is 0 Å². The number of rotatable bonds is 4. The Labute approximate surface area is 94.7 Å². The molecule has 0 aliphatic rings. The summed E-state index contributed by atoms with van der Waals surface area (Å²) < 4.78 is 1.80. The van der Waals surface area contributed by atoms with Crippen LogP contribution >= 0.6 is 0 Å². The van der Waals surface area contributed by atoms with Crippen LogP contribution in [-0.4, -0.2) is 27.2 Å². The Kier molecular flexibility index (Phi) is 3.05. The molecule has 2 aromatic rings. The van der Waals surface area contributed by atoms with Gasteiger partial charge in [0.15, 0.2) is 5.65 Å². The molecular formula is C11H17N5. The molecule has 5 nitrogen and oxygen atoms in total. The highest BCUT2D eigenvalue weighted by Gasteiger charge is 2.03. The molecule has 0 saturated carbocycles. The van der Waals surface area contributed by atoms with Gasteiger partial charge in [-0.2, -0.15) is 9.61 Å². The number of nitrogens with one attached hydrogen (secondary N) is 1. The van der Waals surface area contributed by atoms with Crippen LogP contribution in [0.4, 0.5) is 5.82 Å². The molecule has 0 fully saturated rings. The molecule has 1 unspecified atom stereocenters. The summed E-state index contributed by atoms with van der Waals surface area (Å²) in [6.07, 6.45) is 2.50. The molecule has 0 radical (unpaired) electrons. The lowest BCUT2D eigenvalue weighted by Gasteiger charge is -2.10. The van der Waals surface area contributed by atoms with Crippen LogP contribution in [0.15, 0.2) is 18.5 Å². The van der Waals surface area contributed by atoms with E-state index < -0.39 is 0 Å². The highest BCUT2D eigenvalue weighted by Crippen LogP contribution is 2.12. The molecule has 0 bridgehead atoms. The van der Waals surface area contributed by atoms with Gasteiger partial charge in [0.2, 0.25) is 0 Å². The van der Waals surface area contributed by atoms with Gasteiger partial charge in [-0.05, 0) is 38.0 Å². The summed E-state index contributed by atoms with van der Waals surface area (Å²) in [6.45, 7) is 4.89. The Morgan fingerprint density at radius 1 is 1.50 bits per heavy atom. The van der Waals surface area contributed by atoms with E-state index in [1.54, 1.807) is 10.8 Å². The Balaban J connectivity index is 2.19. The van der Waals surface area contributed by atoms with E-state index in [-0.39, 0.29) is 6.04 Å². The molecular weight excluding hydrogens is 202 g/mol. The average molecular weight is 219 g/mol. The first-order valence-corrected chi connectivity index (χ1v) is 5.46. The molecule has 0 spiro atoms. The zero-order valence-corrected chi connectivity index (χ0v) is 9.64. The number of nitrogens with zero attached hydrogens (tertiary/aromatic N) is 3. The molecule has 0 aliphatic heterocycles. The SMILES string of the molecule is Cc1cc(NCCC(C)N)n2ncnc2c1. The van der Waals surface area contributed by atoms with Crippen molar-refractivity contribution >= 4 is 11.5 Å². The van der Waals surface area contributed by atoms with Crippen molar-refractivity contribution in [1.29, 1.82) is 0 Å². The first-order valence-electron chi connectivity index (χ1n) is 5.46. The standard InChI is InChI=1S/C11H17N5/c1-8-5-10(13-4-3-9(2)12)16-11(6-8)14-7-15-16/h5-7,9,13H,3-4,12H2,1-2H3. The van der Waals surface area contributed by atoms with Crippen LogP contribution in [0.5, 0.6) is 0 Å². The molecule has 3 N–H and O–H groups in total. The van der Waals surface area contributed by atoms with Crippen LogP contribution in [0, 0.1) is 6.92 Å². The van der Waals surface area contributed by atoms with Gasteiger partial charge in [-0.15, -0.1) is 0 Å². The molecule has 2 heterocycles. The van der Waals surface area contributed by atoms with Gasteiger partial charge in [0, 0.05) is 12.6 Å². The third-order valence-electron chi connectivity index (χ3n) is 2.43. The predicted octanol–water partition coefficient (Wildman–Crippen LogP) is 1.19. The second-order valence-corrected chi connectivity index (χ2v) is 4.14. The predicted molar refractivity (Wildman–Crippen MR) is 64.5 cm³/mol. The number of aromatic nitrogens is 3. The van der Waals surface area contributed by atoms with Crippen molar-refractivity contribution in [2.45, 2.75) is 26.3 Å². The van der Waals surface area contributed by atoms with Gasteiger partial charge in [-0.3, -0.25) is 0 Å². The fraction of sp³-hybridized carbons (Fsp3) is 0.455. The van der Waals surface area contributed by atoms with Crippen molar-refractivity contribution in [2.75, 3.05) is 11.9 Å². The largest absolute Gasteiger partial charge is 0.370 e. The van der Waals surface area contributed by atoms with Gasteiger partial charge in [0.1, 0.15) is 12.1 Å². The van der Waals surface area contributed by atoms with E-state index in [0.29, 0.717) is 0 Å². The molecule has 0 amide bonds. The van der Waals surface area contributed by atoms with Crippen LogP contribution in [0.2, 0.25) is 0 Å². The van der Waals surface area contributed by atoms with Gasteiger partial charge in [-0.25, -0.2) is 4.98 Å². The van der Waals surface area contributed by atoms with Crippen LogP contribution < -0.4 is 11.1 Å². The Hall–Kier alpha value is -1.62. The Morgan fingerprint density at radius 3 is 3.06 bits per heavy atom. The number of nitrogens with two attached hydrogens (primary N) is 1. The summed E-state index contributed by atoms with van der Waals surface area (Å²) in [4.78, 5) is 4.17. The van der Waals surface area contributed by atoms with Crippen LogP contribution in [0.3, 0.4) is 0 Å². The van der Waals surface area contributed by atoms with Crippen LogP contribution in [0.25, 0.3) is 5.65 Å². The van der Waals surface area contributed by atoms with E-state index >= 15 is 0 Å². The van der Waals surface area contributed by atoms with Gasteiger partial charge in [0.25, 0.3) is 0 Å². The molecule has 0 aliphatic carbocycles. The summed E-state index contributed by atoms with van der Waals surface area (Å²) in [5.74, 6) is 0.966. The van der Waals surface area contributed by atoms with E-state index in [0.717, 1.165) is 24.4 Å². The minimum atomic E-state index is 0.212. The lowest BCUT2D eigenvalue weighted by Crippen LogP contribution is -2.19. The third-order valence-corrected chi connectivity index (χ3v) is 2.43. The maximum atomic E-state index is 5.70. The van der Waals surface area contributed by atoms with Crippen molar-refractivity contribution in [2.24, 2.45) is 5.73 Å². The highest BCUT2D eigenvalue weighted by molar-refractivity contribution is 5.51. The summed E-state index contributed by atoms with van der Waals surface area (Å²) in [7, 11) is 0. The molecule has 2 rings (SSSR count). The maximum absolute atomic E-state index is 5.70. The van der Waals surface area contributed by atoms with Crippen molar-refractivity contribution in [1.82, 2.24) is 14.6 Å². The maximum Gasteiger partial charge on any atom is 0.157 e. The first-order chi connectivity index (χ1) is 7.66. The number of aryl methyl sites for hydroxylation is 1. The fourth-order valence-corrected chi connectivity index (χ4v) is 1.61. The second-order valence-electron chi connectivity index (χ2n) is 4.14. The Bertz CT molecular complexity index is 474. The van der Waals surface area contributed by atoms with E-state index in [4.69, 9.17) is 5.73 Å². The molecule has 2 aromatic heterocycles. The molecule has 0 saturated heterocycles. The quantitative estimate of drug-likeness (QED) is 0.810. The molecule has 0 aromatic carbocycles. The monoisotopic (exact) mass is 219 g/mol. The summed E-state index contributed by atoms with van der Waals surface area (Å²) in [5.41, 5.74) is 7.74. The summed E-state index contributed by atoms with van der Waals surface area (Å²) in [5, 5.41) is 7.50. The Morgan fingerprint density at radius 2 is 2.31 bits per heavy atom. The normalized spacial score (nSPS) is 12.9. The lowest BCUT2D eigenvalue weighted by molar-refractivity contribution is 0.687. The number of hydrogen-bond acceptors (Lipinski definition) is 4. The fourth-order valence-electron chi connectivity index (χ4n) is 1.61. The van der Waals surface area contributed by atoms with Gasteiger partial charge in [0.05, 0.1) is 0 Å². The van der Waals surface area contributed by atoms with Crippen molar-refractivity contribution in [3.63, 3.8) is 0 Å². The molecule has 1 atom stereocenters. The van der Waals surface area contributed by atoms with Gasteiger partial charge >= 0.3 is 0 Å². The van der Waals surface area contributed by atoms with Crippen molar-refractivity contribution < 1.29 is 0 Å². The zero-order chi connectivity index (χ0) is 11.5. The van der Waals surface area contributed by atoms with E-state index in [2.05, 4.69) is 21.5 Å². The summed E-state index contributed by atoms with van der Waals surface area (Å²) >= 11 is 0. The number of pyridine rings is 1. The second kappa shape index (κ2) is 4.49. The first kappa shape index (κ1) is 10.9. The van der Waals surface area contributed by atoms with Gasteiger partial charge < -0.3 is 11.1 Å². The molecule has 16 heavy (non-hydrogen) atoms. The minimum Gasteiger partial charge on any atom is -0.370 e. The minimum absolute atomic E-state index is 0.212. The lowest BCUT2D eigenvalue weighted by atomic mass is 10.2. The van der Waals surface area contributed by atoms with Crippen molar-refractivity contribution in [3.05, 3.63) is 24.0 Å². The van der Waals surface area contributed by atoms with E-state index in [9.17, 15) is 0 Å². The van der Waals surface area contributed by atoms with E-state index in [1.807, 2.05) is 19.9 Å². The number of anilines is 1. The smallest absolute Gasteiger partial charge is 0.157 e. The number of fused-ring (bicyclic) bond motifs is 1. The van der Waals surface area contributed by atoms with Crippen molar-refractivity contribution in [3.8, 4) is 0 Å². The number of hydrogen-bond donors (Lipinski definition) is 2. The van der Waals surface area contributed by atoms with Crippen LogP contribution in [0.1, 0.15) is 18.9 Å². The molecule has 5 heteroatoms. The topological polar surface area (TPSA) is 68.2 Å².